The van der Waals surface area contributed by atoms with Crippen molar-refractivity contribution in [3.8, 4) is 11.5 Å². The molecule has 1 N–H and O–H groups in total. The monoisotopic (exact) mass is 355 g/mol. The molecule has 0 unspecified atom stereocenters. The predicted octanol–water partition coefficient (Wildman–Crippen LogP) is 2.69. The summed E-state index contributed by atoms with van der Waals surface area (Å²) in [7, 11) is 0. The number of hydrazone groups is 1. The van der Waals surface area contributed by atoms with Crippen molar-refractivity contribution < 1.29 is 19.2 Å². The number of non-ortho nitro benzene ring substituents is 1. The first-order valence-corrected chi connectivity index (χ1v) is 7.61. The fourth-order valence-corrected chi connectivity index (χ4v) is 1.83. The summed E-state index contributed by atoms with van der Waals surface area (Å²) in [6.07, 6.45) is 3.14. The molecule has 8 heteroatoms. The summed E-state index contributed by atoms with van der Waals surface area (Å²) in [5.41, 5.74) is 3.07. The quantitative estimate of drug-likeness (QED) is 0.322. The van der Waals surface area contributed by atoms with E-state index in [1.807, 2.05) is 0 Å². The minimum Gasteiger partial charge on any atom is -0.490 e. The molecular weight excluding hydrogens is 338 g/mol. The maximum absolute atomic E-state index is 11.7. The lowest BCUT2D eigenvalue weighted by atomic mass is 10.2. The summed E-state index contributed by atoms with van der Waals surface area (Å²) in [6, 6.07) is 12.6. The van der Waals surface area contributed by atoms with Gasteiger partial charge in [0.2, 0.25) is 0 Å². The summed E-state index contributed by atoms with van der Waals surface area (Å²) in [4.78, 5) is 21.7. The number of ether oxygens (including phenoxy) is 2. The average molecular weight is 355 g/mol. The van der Waals surface area contributed by atoms with Crippen LogP contribution in [0.5, 0.6) is 11.5 Å². The van der Waals surface area contributed by atoms with Gasteiger partial charge in [0.05, 0.1) is 11.1 Å². The summed E-state index contributed by atoms with van der Waals surface area (Å²) >= 11 is 0. The summed E-state index contributed by atoms with van der Waals surface area (Å²) in [5.74, 6) is 0.609. The van der Waals surface area contributed by atoms with Gasteiger partial charge in [-0.05, 0) is 42.0 Å². The molecule has 0 fully saturated rings. The fourth-order valence-electron chi connectivity index (χ4n) is 1.83. The van der Waals surface area contributed by atoms with Gasteiger partial charge in [0.15, 0.2) is 6.61 Å². The van der Waals surface area contributed by atoms with Crippen molar-refractivity contribution in [3.05, 3.63) is 76.9 Å². The standard InChI is InChI=1S/C18H17N3O5/c1-2-11-25-16-7-3-14(4-8-16)12-19-20-18(22)13-26-17-9-5-15(6-10-17)21(23)24/h2-10,12H,1,11,13H2,(H,20,22). The van der Waals surface area contributed by atoms with E-state index in [9.17, 15) is 14.9 Å². The smallest absolute Gasteiger partial charge is 0.277 e. The zero-order chi connectivity index (χ0) is 18.8. The molecule has 8 nitrogen and oxygen atoms in total. The van der Waals surface area contributed by atoms with Crippen molar-refractivity contribution in [2.45, 2.75) is 0 Å². The fraction of sp³-hybridized carbons (Fsp3) is 0.111. The number of rotatable bonds is 9. The van der Waals surface area contributed by atoms with Crippen LogP contribution in [0.25, 0.3) is 0 Å². The molecule has 0 saturated carbocycles. The first-order chi connectivity index (χ1) is 12.6. The molecule has 2 rings (SSSR count). The van der Waals surface area contributed by atoms with Crippen molar-refractivity contribution in [1.29, 1.82) is 0 Å². The van der Waals surface area contributed by atoms with Crippen LogP contribution >= 0.6 is 0 Å². The minimum atomic E-state index is -0.511. The number of hydrogen-bond acceptors (Lipinski definition) is 6. The Kier molecular flexibility index (Phi) is 6.87. The molecule has 0 spiro atoms. The van der Waals surface area contributed by atoms with E-state index in [0.29, 0.717) is 18.1 Å². The van der Waals surface area contributed by atoms with Crippen LogP contribution in [0, 0.1) is 10.1 Å². The Morgan fingerprint density at radius 3 is 2.35 bits per heavy atom. The van der Waals surface area contributed by atoms with Gasteiger partial charge in [-0.25, -0.2) is 5.43 Å². The second-order valence-electron chi connectivity index (χ2n) is 5.00. The van der Waals surface area contributed by atoms with Crippen LogP contribution in [-0.2, 0) is 4.79 Å². The number of nitrogens with one attached hydrogen (secondary N) is 1. The van der Waals surface area contributed by atoms with Gasteiger partial charge >= 0.3 is 0 Å². The molecule has 0 radical (unpaired) electrons. The normalized spacial score (nSPS) is 10.3. The zero-order valence-electron chi connectivity index (χ0n) is 13.8. The highest BCUT2D eigenvalue weighted by Gasteiger charge is 2.06. The Bertz CT molecular complexity index is 785. The van der Waals surface area contributed by atoms with Crippen LogP contribution in [0.3, 0.4) is 0 Å². The lowest BCUT2D eigenvalue weighted by molar-refractivity contribution is -0.384. The zero-order valence-corrected chi connectivity index (χ0v) is 13.8. The van der Waals surface area contributed by atoms with Gasteiger partial charge in [0, 0.05) is 12.1 Å². The Morgan fingerprint density at radius 1 is 1.12 bits per heavy atom. The number of hydrogen-bond donors (Lipinski definition) is 1. The molecule has 26 heavy (non-hydrogen) atoms. The van der Waals surface area contributed by atoms with Gasteiger partial charge in [-0.2, -0.15) is 5.10 Å². The molecule has 0 aliphatic heterocycles. The third-order valence-corrected chi connectivity index (χ3v) is 3.07. The molecule has 0 heterocycles. The Labute approximate surface area is 149 Å². The largest absolute Gasteiger partial charge is 0.490 e. The average Bonchev–Trinajstić information content (AvgIpc) is 2.66. The van der Waals surface area contributed by atoms with Crippen LogP contribution in [-0.4, -0.2) is 30.3 Å². The first-order valence-electron chi connectivity index (χ1n) is 7.61. The van der Waals surface area contributed by atoms with Crippen LogP contribution in [0.4, 0.5) is 5.69 Å². The number of amides is 1. The van der Waals surface area contributed by atoms with Crippen LogP contribution < -0.4 is 14.9 Å². The van der Waals surface area contributed by atoms with Crippen LogP contribution in [0.2, 0.25) is 0 Å². The van der Waals surface area contributed by atoms with E-state index in [2.05, 4.69) is 17.1 Å². The Morgan fingerprint density at radius 2 is 1.73 bits per heavy atom. The van der Waals surface area contributed by atoms with Gasteiger partial charge in [-0.3, -0.25) is 14.9 Å². The number of carbonyl (C=O) groups excluding carboxylic acids is 1. The van der Waals surface area contributed by atoms with E-state index in [0.717, 1.165) is 5.56 Å². The third kappa shape index (κ3) is 6.08. The highest BCUT2D eigenvalue weighted by molar-refractivity contribution is 5.83. The van der Waals surface area contributed by atoms with Crippen molar-refractivity contribution in [3.63, 3.8) is 0 Å². The number of nitrogens with zero attached hydrogens (tertiary/aromatic N) is 2. The first kappa shape index (κ1) is 18.7. The van der Waals surface area contributed by atoms with E-state index >= 15 is 0 Å². The molecule has 0 saturated heterocycles. The van der Waals surface area contributed by atoms with Gasteiger partial charge in [-0.15, -0.1) is 0 Å². The Balaban J connectivity index is 1.76. The van der Waals surface area contributed by atoms with Crippen molar-refractivity contribution in [2.75, 3.05) is 13.2 Å². The maximum atomic E-state index is 11.7. The number of benzene rings is 2. The summed E-state index contributed by atoms with van der Waals surface area (Å²) in [5, 5.41) is 14.4. The Hall–Kier alpha value is -3.68. The van der Waals surface area contributed by atoms with E-state index in [4.69, 9.17) is 9.47 Å². The second-order valence-corrected chi connectivity index (χ2v) is 5.00. The van der Waals surface area contributed by atoms with Gasteiger partial charge in [0.1, 0.15) is 18.1 Å². The molecule has 1 amide bonds. The minimum absolute atomic E-state index is 0.0488. The molecular formula is C18H17N3O5. The van der Waals surface area contributed by atoms with Gasteiger partial charge in [0.25, 0.3) is 11.6 Å². The molecule has 0 aliphatic carbocycles. The molecule has 0 atom stereocenters. The number of carbonyl (C=O) groups is 1. The van der Waals surface area contributed by atoms with Crippen molar-refractivity contribution in [1.82, 2.24) is 5.43 Å². The van der Waals surface area contributed by atoms with E-state index in [1.165, 1.54) is 30.5 Å². The van der Waals surface area contributed by atoms with E-state index in [-0.39, 0.29) is 12.3 Å². The third-order valence-electron chi connectivity index (χ3n) is 3.07. The molecule has 134 valence electrons. The van der Waals surface area contributed by atoms with Crippen molar-refractivity contribution in [2.24, 2.45) is 5.10 Å². The van der Waals surface area contributed by atoms with Crippen molar-refractivity contribution >= 4 is 17.8 Å². The highest BCUT2D eigenvalue weighted by atomic mass is 16.6. The van der Waals surface area contributed by atoms with Gasteiger partial charge < -0.3 is 9.47 Å². The molecule has 2 aromatic carbocycles. The predicted molar refractivity (Wildman–Crippen MR) is 96.5 cm³/mol. The molecule has 0 aliphatic rings. The van der Waals surface area contributed by atoms with Crippen LogP contribution in [0.1, 0.15) is 5.56 Å². The number of nitro groups is 1. The van der Waals surface area contributed by atoms with E-state index in [1.54, 1.807) is 30.3 Å². The molecule has 0 aromatic heterocycles. The topological polar surface area (TPSA) is 103 Å². The maximum Gasteiger partial charge on any atom is 0.277 e. The molecule has 2 aromatic rings. The lowest BCUT2D eigenvalue weighted by Gasteiger charge is -2.04. The second kappa shape index (κ2) is 9.58. The van der Waals surface area contributed by atoms with Crippen LogP contribution in [0.15, 0.2) is 66.3 Å². The lowest BCUT2D eigenvalue weighted by Crippen LogP contribution is -2.24. The summed E-state index contributed by atoms with van der Waals surface area (Å²) < 4.78 is 10.6. The van der Waals surface area contributed by atoms with Gasteiger partial charge in [-0.1, -0.05) is 12.7 Å². The molecule has 0 bridgehead atoms. The highest BCUT2D eigenvalue weighted by Crippen LogP contribution is 2.17. The van der Waals surface area contributed by atoms with E-state index < -0.39 is 10.8 Å². The number of nitro benzene ring substituents is 1. The summed E-state index contributed by atoms with van der Waals surface area (Å²) in [6.45, 7) is 3.74. The SMILES string of the molecule is C=CCOc1ccc(C=NNC(=O)COc2ccc([N+](=O)[O-])cc2)cc1.